The van der Waals surface area contributed by atoms with Crippen molar-refractivity contribution in [2.24, 2.45) is 17.8 Å². The van der Waals surface area contributed by atoms with E-state index in [4.69, 9.17) is 37.9 Å². The molecule has 8 heteroatoms. The van der Waals surface area contributed by atoms with Gasteiger partial charge in [0.2, 0.25) is 0 Å². The van der Waals surface area contributed by atoms with Crippen molar-refractivity contribution in [2.75, 3.05) is 56.9 Å². The molecular formula is C50H74O8. The van der Waals surface area contributed by atoms with E-state index in [1.807, 2.05) is 14.2 Å². The average molecular weight is 803 g/mol. The van der Waals surface area contributed by atoms with E-state index in [1.54, 1.807) is 42.7 Å². The highest BCUT2D eigenvalue weighted by atomic mass is 16.5. The number of methoxy groups -OCH3 is 8. The van der Waals surface area contributed by atoms with Crippen LogP contribution in [0.25, 0.3) is 0 Å². The van der Waals surface area contributed by atoms with Crippen molar-refractivity contribution in [3.8, 4) is 11.5 Å². The Kier molecular flexibility index (Phi) is 18.8. The Morgan fingerprint density at radius 3 is 1.17 bits per heavy atom. The molecule has 3 aromatic carbocycles. The molecule has 8 nitrogen and oxygen atoms in total. The summed E-state index contributed by atoms with van der Waals surface area (Å²) in [7, 11) is 14.1. The van der Waals surface area contributed by atoms with E-state index in [-0.39, 0.29) is 0 Å². The molecule has 0 N–H and O–H groups in total. The van der Waals surface area contributed by atoms with Gasteiger partial charge in [-0.05, 0) is 164 Å². The van der Waals surface area contributed by atoms with Crippen molar-refractivity contribution in [3.05, 3.63) is 92.0 Å². The van der Waals surface area contributed by atoms with Crippen molar-refractivity contribution in [3.63, 3.8) is 0 Å². The van der Waals surface area contributed by atoms with Crippen molar-refractivity contribution in [1.82, 2.24) is 0 Å². The Morgan fingerprint density at radius 2 is 0.828 bits per heavy atom. The molecule has 2 saturated carbocycles. The maximum atomic E-state index is 5.81. The number of aryl methyl sites for hydroxylation is 2. The minimum Gasteiger partial charge on any atom is -0.496 e. The lowest BCUT2D eigenvalue weighted by atomic mass is 9.68. The summed E-state index contributed by atoms with van der Waals surface area (Å²) in [5.74, 6) is 5.04. The van der Waals surface area contributed by atoms with Gasteiger partial charge in [0, 0.05) is 64.9 Å². The fraction of sp³-hybridized carbons (Fsp3) is 0.640. The van der Waals surface area contributed by atoms with Gasteiger partial charge in [-0.25, -0.2) is 0 Å². The standard InChI is InChI=1S/C50H74O8/c1-34(38-16-18-39(19-17-38)41-26-42(28-51-2)48(40-20-21-40)43(27-41)29-52-3)37(14-10-12-35-22-44(30-53-4)49(57-8)45(23-35)31-54-5)15-11-13-36-24-46(32-55-6)50(58-9)47(25-36)33-56-7/h22-27,34,37-40H,10-21,28-33H2,1-9H3. The first-order chi connectivity index (χ1) is 28.3. The van der Waals surface area contributed by atoms with Gasteiger partial charge >= 0.3 is 0 Å². The normalized spacial score (nSPS) is 17.6. The zero-order chi connectivity index (χ0) is 41.4. The molecule has 2 fully saturated rings. The maximum absolute atomic E-state index is 5.81. The van der Waals surface area contributed by atoms with E-state index >= 15 is 0 Å². The van der Waals surface area contributed by atoms with Crippen LogP contribution in [-0.2, 0) is 80.9 Å². The molecule has 0 amide bonds. The van der Waals surface area contributed by atoms with Crippen molar-refractivity contribution >= 4 is 0 Å². The molecule has 3 aromatic rings. The molecule has 0 bridgehead atoms. The number of ether oxygens (including phenoxy) is 8. The molecule has 0 saturated heterocycles. The second-order valence-corrected chi connectivity index (χ2v) is 17.0. The predicted octanol–water partition coefficient (Wildman–Crippen LogP) is 11.0. The van der Waals surface area contributed by atoms with Gasteiger partial charge in [-0.15, -0.1) is 0 Å². The Morgan fingerprint density at radius 1 is 0.466 bits per heavy atom. The first-order valence-electron chi connectivity index (χ1n) is 21.8. The molecule has 1 atom stereocenters. The minimum atomic E-state index is 0.520. The van der Waals surface area contributed by atoms with Gasteiger partial charge in [-0.3, -0.25) is 0 Å². The highest BCUT2D eigenvalue weighted by molar-refractivity contribution is 5.46. The smallest absolute Gasteiger partial charge is 0.129 e. The first-order valence-corrected chi connectivity index (χ1v) is 21.8. The van der Waals surface area contributed by atoms with Crippen molar-refractivity contribution < 1.29 is 37.9 Å². The van der Waals surface area contributed by atoms with E-state index in [2.05, 4.69) is 43.3 Å². The van der Waals surface area contributed by atoms with Crippen LogP contribution in [0.2, 0.25) is 0 Å². The summed E-state index contributed by atoms with van der Waals surface area (Å²) in [6, 6.07) is 14.1. The molecule has 0 aliphatic heterocycles. The third-order valence-electron chi connectivity index (χ3n) is 13.0. The molecule has 5 rings (SSSR count). The maximum Gasteiger partial charge on any atom is 0.129 e. The average Bonchev–Trinajstić information content (AvgIpc) is 4.06. The third kappa shape index (κ3) is 12.3. The van der Waals surface area contributed by atoms with Crippen LogP contribution in [0.1, 0.15) is 139 Å². The van der Waals surface area contributed by atoms with Crippen LogP contribution in [0.15, 0.2) is 36.4 Å². The summed E-state index contributed by atoms with van der Waals surface area (Å²) < 4.78 is 45.3. The fourth-order valence-electron chi connectivity index (χ4n) is 10.2. The van der Waals surface area contributed by atoms with Crippen LogP contribution in [0, 0.1) is 17.8 Å². The van der Waals surface area contributed by atoms with Crippen LogP contribution in [-0.4, -0.2) is 56.9 Å². The molecule has 322 valence electrons. The molecule has 0 spiro atoms. The SMILES string of the molecule is COCc1cc(CCCC(CCCc2cc(COC)c(OC)c(COC)c2)C(C)C2CCC(c3cc(COC)c(C4CC4)c(COC)c3)CC2)cc(COC)c1OC. The number of hydrogen-bond donors (Lipinski definition) is 0. The van der Waals surface area contributed by atoms with Crippen molar-refractivity contribution in [1.29, 1.82) is 0 Å². The lowest BCUT2D eigenvalue weighted by Crippen LogP contribution is -2.26. The fourth-order valence-corrected chi connectivity index (χ4v) is 10.2. The second-order valence-electron chi connectivity index (χ2n) is 17.0. The van der Waals surface area contributed by atoms with Gasteiger partial charge in [0.15, 0.2) is 0 Å². The highest BCUT2D eigenvalue weighted by Gasteiger charge is 2.33. The van der Waals surface area contributed by atoms with E-state index < -0.39 is 0 Å². The summed E-state index contributed by atoms with van der Waals surface area (Å²) in [5.41, 5.74) is 12.7. The van der Waals surface area contributed by atoms with Gasteiger partial charge in [0.05, 0.1) is 53.9 Å². The van der Waals surface area contributed by atoms with Gasteiger partial charge in [-0.1, -0.05) is 19.1 Å². The minimum absolute atomic E-state index is 0.520. The molecule has 1 unspecified atom stereocenters. The lowest BCUT2D eigenvalue weighted by molar-refractivity contribution is 0.165. The van der Waals surface area contributed by atoms with E-state index in [1.165, 1.54) is 84.7 Å². The molecule has 2 aliphatic rings. The van der Waals surface area contributed by atoms with Gasteiger partial charge < -0.3 is 37.9 Å². The van der Waals surface area contributed by atoms with E-state index in [0.29, 0.717) is 63.3 Å². The van der Waals surface area contributed by atoms with Gasteiger partial charge in [0.1, 0.15) is 11.5 Å². The third-order valence-corrected chi connectivity index (χ3v) is 13.0. The van der Waals surface area contributed by atoms with E-state index in [9.17, 15) is 0 Å². The van der Waals surface area contributed by atoms with Crippen molar-refractivity contribution in [2.45, 2.75) is 135 Å². The summed E-state index contributed by atoms with van der Waals surface area (Å²) in [5, 5.41) is 0. The molecule has 0 radical (unpaired) electrons. The monoisotopic (exact) mass is 803 g/mol. The number of hydrogen-bond acceptors (Lipinski definition) is 8. The largest absolute Gasteiger partial charge is 0.496 e. The summed E-state index contributed by atoms with van der Waals surface area (Å²) in [6.45, 7) is 6.00. The number of rotatable bonds is 26. The summed E-state index contributed by atoms with van der Waals surface area (Å²) >= 11 is 0. The lowest BCUT2D eigenvalue weighted by Gasteiger charge is -2.37. The molecule has 0 heterocycles. The topological polar surface area (TPSA) is 73.8 Å². The molecule has 58 heavy (non-hydrogen) atoms. The Hall–Kier alpha value is -2.98. The zero-order valence-corrected chi connectivity index (χ0v) is 37.3. The highest BCUT2D eigenvalue weighted by Crippen LogP contribution is 2.47. The Labute approximate surface area is 350 Å². The quantitative estimate of drug-likeness (QED) is 0.0794. The van der Waals surface area contributed by atoms with Crippen LogP contribution in [0.4, 0.5) is 0 Å². The van der Waals surface area contributed by atoms with Crippen LogP contribution in [0.5, 0.6) is 11.5 Å². The van der Waals surface area contributed by atoms with Gasteiger partial charge in [0.25, 0.3) is 0 Å². The van der Waals surface area contributed by atoms with Crippen LogP contribution >= 0.6 is 0 Å². The van der Waals surface area contributed by atoms with E-state index in [0.717, 1.165) is 65.4 Å². The molecule has 2 aliphatic carbocycles. The number of benzene rings is 3. The van der Waals surface area contributed by atoms with Crippen LogP contribution < -0.4 is 9.47 Å². The molecular weight excluding hydrogens is 729 g/mol. The summed E-state index contributed by atoms with van der Waals surface area (Å²) in [6.07, 6.45) is 14.4. The Bertz CT molecular complexity index is 1540. The van der Waals surface area contributed by atoms with Crippen LogP contribution in [0.3, 0.4) is 0 Å². The summed E-state index contributed by atoms with van der Waals surface area (Å²) in [4.78, 5) is 0. The molecule has 0 aromatic heterocycles. The van der Waals surface area contributed by atoms with Gasteiger partial charge in [-0.2, -0.15) is 0 Å². The second kappa shape index (κ2) is 23.7. The zero-order valence-electron chi connectivity index (χ0n) is 37.3. The predicted molar refractivity (Wildman–Crippen MR) is 232 cm³/mol. The Balaban J connectivity index is 1.31. The first kappa shape index (κ1) is 46.1.